The summed E-state index contributed by atoms with van der Waals surface area (Å²) in [6, 6.07) is 8.70. The van der Waals surface area contributed by atoms with Gasteiger partial charge in [0.1, 0.15) is 23.8 Å². The molecule has 0 bridgehead atoms. The van der Waals surface area contributed by atoms with E-state index in [4.69, 9.17) is 4.74 Å². The van der Waals surface area contributed by atoms with Crippen LogP contribution in [0, 0.1) is 5.82 Å². The van der Waals surface area contributed by atoms with E-state index in [1.165, 1.54) is 12.1 Å². The number of likely N-dealkylation sites (N-methyl/N-ethyl adjacent to an activating group) is 1. The van der Waals surface area contributed by atoms with Crippen LogP contribution in [-0.4, -0.2) is 61.8 Å². The molecule has 2 heterocycles. The van der Waals surface area contributed by atoms with E-state index in [9.17, 15) is 4.39 Å². The van der Waals surface area contributed by atoms with E-state index in [0.717, 1.165) is 43.5 Å². The standard InChI is InChI=1S/C18H24FN5O/c1-23(2)16(14-3-5-15(19)6-4-14)12-20-17-11-18(22-13-21-17)24-7-9-25-10-8-24/h3-6,11,13,16H,7-10,12H2,1-2H3,(H,20,21,22). The Balaban J connectivity index is 1.67. The lowest BCUT2D eigenvalue weighted by molar-refractivity contribution is 0.122. The summed E-state index contributed by atoms with van der Waals surface area (Å²) in [5.41, 5.74) is 1.06. The van der Waals surface area contributed by atoms with Crippen molar-refractivity contribution in [2.24, 2.45) is 0 Å². The Hall–Kier alpha value is -2.25. The van der Waals surface area contributed by atoms with Crippen molar-refractivity contribution in [1.82, 2.24) is 14.9 Å². The maximum atomic E-state index is 13.2. The number of hydrogen-bond acceptors (Lipinski definition) is 6. The number of morpholine rings is 1. The molecular formula is C18H24FN5O. The number of hydrogen-bond donors (Lipinski definition) is 1. The highest BCUT2D eigenvalue weighted by Gasteiger charge is 2.16. The van der Waals surface area contributed by atoms with E-state index in [0.29, 0.717) is 6.54 Å². The Morgan fingerprint density at radius 3 is 2.60 bits per heavy atom. The summed E-state index contributed by atoms with van der Waals surface area (Å²) in [5, 5.41) is 3.37. The van der Waals surface area contributed by atoms with Gasteiger partial charge >= 0.3 is 0 Å². The van der Waals surface area contributed by atoms with Crippen LogP contribution in [0.1, 0.15) is 11.6 Å². The number of halogens is 1. The van der Waals surface area contributed by atoms with Crippen molar-refractivity contribution in [2.75, 3.05) is 57.2 Å². The van der Waals surface area contributed by atoms with Crippen LogP contribution >= 0.6 is 0 Å². The van der Waals surface area contributed by atoms with Gasteiger partial charge < -0.3 is 19.9 Å². The topological polar surface area (TPSA) is 53.5 Å². The molecule has 25 heavy (non-hydrogen) atoms. The molecule has 0 spiro atoms. The molecule has 1 N–H and O–H groups in total. The number of anilines is 2. The predicted octanol–water partition coefficient (Wildman–Crippen LogP) is 2.17. The Kier molecular flexibility index (Phi) is 5.78. The number of nitrogens with one attached hydrogen (secondary N) is 1. The summed E-state index contributed by atoms with van der Waals surface area (Å²) < 4.78 is 18.5. The zero-order valence-electron chi connectivity index (χ0n) is 14.7. The molecule has 1 fully saturated rings. The van der Waals surface area contributed by atoms with Crippen molar-refractivity contribution in [3.05, 3.63) is 48.0 Å². The minimum absolute atomic E-state index is 0.113. The zero-order chi connectivity index (χ0) is 17.6. The van der Waals surface area contributed by atoms with Gasteiger partial charge in [0, 0.05) is 25.7 Å². The second-order valence-electron chi connectivity index (χ2n) is 6.27. The van der Waals surface area contributed by atoms with E-state index in [1.807, 2.05) is 32.3 Å². The van der Waals surface area contributed by atoms with Crippen molar-refractivity contribution >= 4 is 11.6 Å². The maximum absolute atomic E-state index is 13.2. The second kappa shape index (κ2) is 8.22. The van der Waals surface area contributed by atoms with Crippen molar-refractivity contribution in [2.45, 2.75) is 6.04 Å². The summed E-state index contributed by atoms with van der Waals surface area (Å²) in [7, 11) is 4.02. The Labute approximate surface area is 147 Å². The van der Waals surface area contributed by atoms with Gasteiger partial charge in [0.2, 0.25) is 0 Å². The molecule has 7 heteroatoms. The average molecular weight is 345 g/mol. The molecule has 0 amide bonds. The summed E-state index contributed by atoms with van der Waals surface area (Å²) in [6.07, 6.45) is 1.58. The van der Waals surface area contributed by atoms with Crippen LogP contribution in [0.2, 0.25) is 0 Å². The molecule has 3 rings (SSSR count). The summed E-state index contributed by atoms with van der Waals surface area (Å²) in [5.74, 6) is 1.47. The average Bonchev–Trinajstić information content (AvgIpc) is 2.64. The first kappa shape index (κ1) is 17.6. The predicted molar refractivity (Wildman–Crippen MR) is 96.4 cm³/mol. The van der Waals surface area contributed by atoms with Crippen molar-refractivity contribution in [1.29, 1.82) is 0 Å². The van der Waals surface area contributed by atoms with Gasteiger partial charge in [-0.3, -0.25) is 0 Å². The van der Waals surface area contributed by atoms with Gasteiger partial charge in [-0.1, -0.05) is 12.1 Å². The fourth-order valence-corrected chi connectivity index (χ4v) is 2.89. The second-order valence-corrected chi connectivity index (χ2v) is 6.27. The molecule has 1 unspecified atom stereocenters. The van der Waals surface area contributed by atoms with Crippen LogP contribution in [0.3, 0.4) is 0 Å². The number of aromatic nitrogens is 2. The van der Waals surface area contributed by atoms with Crippen LogP contribution in [0.25, 0.3) is 0 Å². The zero-order valence-corrected chi connectivity index (χ0v) is 14.7. The Bertz CT molecular complexity index is 673. The van der Waals surface area contributed by atoms with Gasteiger partial charge in [0.05, 0.1) is 19.3 Å². The minimum Gasteiger partial charge on any atom is -0.378 e. The smallest absolute Gasteiger partial charge is 0.134 e. The Morgan fingerprint density at radius 2 is 1.92 bits per heavy atom. The molecule has 1 atom stereocenters. The number of rotatable bonds is 6. The normalized spacial score (nSPS) is 16.1. The minimum atomic E-state index is -0.222. The summed E-state index contributed by atoms with van der Waals surface area (Å²) in [4.78, 5) is 13.0. The summed E-state index contributed by atoms with van der Waals surface area (Å²) >= 11 is 0. The van der Waals surface area contributed by atoms with Crippen LogP contribution in [0.4, 0.5) is 16.0 Å². The first-order valence-corrected chi connectivity index (χ1v) is 8.44. The number of ether oxygens (including phenoxy) is 1. The first-order valence-electron chi connectivity index (χ1n) is 8.44. The van der Waals surface area contributed by atoms with E-state index in [-0.39, 0.29) is 11.9 Å². The molecule has 1 aromatic carbocycles. The van der Waals surface area contributed by atoms with E-state index >= 15 is 0 Å². The molecule has 1 aromatic heterocycles. The maximum Gasteiger partial charge on any atom is 0.134 e. The molecule has 0 aliphatic carbocycles. The number of benzene rings is 1. The molecule has 134 valence electrons. The van der Waals surface area contributed by atoms with Crippen LogP contribution < -0.4 is 10.2 Å². The number of nitrogens with zero attached hydrogens (tertiary/aromatic N) is 4. The molecule has 0 radical (unpaired) electrons. The van der Waals surface area contributed by atoms with Gasteiger partial charge in [-0.15, -0.1) is 0 Å². The molecule has 1 aliphatic rings. The van der Waals surface area contributed by atoms with E-state index in [1.54, 1.807) is 6.33 Å². The molecule has 6 nitrogen and oxygen atoms in total. The fourth-order valence-electron chi connectivity index (χ4n) is 2.89. The third-order valence-corrected chi connectivity index (χ3v) is 4.34. The van der Waals surface area contributed by atoms with Gasteiger partial charge in [0.15, 0.2) is 0 Å². The molecule has 1 saturated heterocycles. The van der Waals surface area contributed by atoms with Crippen molar-refractivity contribution in [3.8, 4) is 0 Å². The van der Waals surface area contributed by atoms with E-state index in [2.05, 4.69) is 25.1 Å². The first-order chi connectivity index (χ1) is 12.1. The highest BCUT2D eigenvalue weighted by molar-refractivity contribution is 5.48. The monoisotopic (exact) mass is 345 g/mol. The lowest BCUT2D eigenvalue weighted by Crippen LogP contribution is -2.36. The molecule has 1 aliphatic heterocycles. The SMILES string of the molecule is CN(C)C(CNc1cc(N2CCOCC2)ncn1)c1ccc(F)cc1. The van der Waals surface area contributed by atoms with Gasteiger partial charge in [-0.2, -0.15) is 0 Å². The van der Waals surface area contributed by atoms with Gasteiger partial charge in [0.25, 0.3) is 0 Å². The summed E-state index contributed by atoms with van der Waals surface area (Å²) in [6.45, 7) is 3.79. The fraction of sp³-hybridized carbons (Fsp3) is 0.444. The molecule has 2 aromatic rings. The Morgan fingerprint density at radius 1 is 1.20 bits per heavy atom. The van der Waals surface area contributed by atoms with E-state index < -0.39 is 0 Å². The van der Waals surface area contributed by atoms with Crippen molar-refractivity contribution < 1.29 is 9.13 Å². The van der Waals surface area contributed by atoms with Crippen LogP contribution in [-0.2, 0) is 4.74 Å². The van der Waals surface area contributed by atoms with Gasteiger partial charge in [-0.25, -0.2) is 14.4 Å². The van der Waals surface area contributed by atoms with Gasteiger partial charge in [-0.05, 0) is 31.8 Å². The molecule has 0 saturated carbocycles. The largest absolute Gasteiger partial charge is 0.378 e. The molecular weight excluding hydrogens is 321 g/mol. The lowest BCUT2D eigenvalue weighted by atomic mass is 10.1. The van der Waals surface area contributed by atoms with Crippen LogP contribution in [0.5, 0.6) is 0 Å². The van der Waals surface area contributed by atoms with Crippen LogP contribution in [0.15, 0.2) is 36.7 Å². The quantitative estimate of drug-likeness (QED) is 0.866. The highest BCUT2D eigenvalue weighted by atomic mass is 19.1. The third kappa shape index (κ3) is 4.64. The highest BCUT2D eigenvalue weighted by Crippen LogP contribution is 2.20. The third-order valence-electron chi connectivity index (χ3n) is 4.34. The lowest BCUT2D eigenvalue weighted by Gasteiger charge is -2.28. The van der Waals surface area contributed by atoms with Crippen molar-refractivity contribution in [3.63, 3.8) is 0 Å².